The number of piperidine rings is 1. The van der Waals surface area contributed by atoms with Crippen molar-refractivity contribution < 1.29 is 19.8 Å². The van der Waals surface area contributed by atoms with Crippen LogP contribution in [0.2, 0.25) is 0 Å². The number of carboxylic acids is 1. The van der Waals surface area contributed by atoms with Gasteiger partial charge in [-0.1, -0.05) is 0 Å². The molecule has 0 bridgehead atoms. The zero-order valence-corrected chi connectivity index (χ0v) is 11.7. The van der Waals surface area contributed by atoms with Crippen LogP contribution >= 0.6 is 0 Å². The van der Waals surface area contributed by atoms with E-state index in [4.69, 9.17) is 10.2 Å². The summed E-state index contributed by atoms with van der Waals surface area (Å²) in [5, 5.41) is 20.7. The van der Waals surface area contributed by atoms with Crippen LogP contribution in [0.5, 0.6) is 0 Å². The van der Waals surface area contributed by atoms with Gasteiger partial charge in [-0.25, -0.2) is 14.6 Å². The van der Waals surface area contributed by atoms with E-state index >= 15 is 0 Å². The number of aromatic carboxylic acids is 1. The summed E-state index contributed by atoms with van der Waals surface area (Å²) in [6, 6.07) is -0.147. The number of hydrogen-bond acceptors (Lipinski definition) is 4. The maximum absolute atomic E-state index is 12.0. The van der Waals surface area contributed by atoms with Gasteiger partial charge in [-0.15, -0.1) is 0 Å². The smallest absolute Gasteiger partial charge is 0.356 e. The lowest BCUT2D eigenvalue weighted by Gasteiger charge is -2.31. The molecule has 1 aliphatic rings. The Labute approximate surface area is 122 Å². The van der Waals surface area contributed by atoms with Gasteiger partial charge in [0.1, 0.15) is 0 Å². The first kappa shape index (κ1) is 15.3. The Bertz CT molecular complexity index is 502. The minimum atomic E-state index is -1.07. The largest absolute Gasteiger partial charge is 0.476 e. The van der Waals surface area contributed by atoms with Gasteiger partial charge in [0, 0.05) is 39.0 Å². The summed E-state index contributed by atoms with van der Waals surface area (Å²) in [6.45, 7) is 2.25. The molecule has 8 heteroatoms. The molecule has 0 aromatic carbocycles. The number of rotatable bonds is 5. The number of amides is 2. The third-order valence-corrected chi connectivity index (χ3v) is 3.56. The van der Waals surface area contributed by atoms with E-state index in [-0.39, 0.29) is 24.2 Å². The maximum atomic E-state index is 12.0. The third-order valence-electron chi connectivity index (χ3n) is 3.56. The predicted molar refractivity (Wildman–Crippen MR) is 74.0 cm³/mol. The van der Waals surface area contributed by atoms with Crippen LogP contribution in [0, 0.1) is 5.92 Å². The minimum absolute atomic E-state index is 0.0110. The van der Waals surface area contributed by atoms with E-state index in [1.165, 1.54) is 12.5 Å². The van der Waals surface area contributed by atoms with Crippen LogP contribution in [0.4, 0.5) is 4.79 Å². The van der Waals surface area contributed by atoms with Crippen molar-refractivity contribution in [2.75, 3.05) is 26.2 Å². The zero-order valence-electron chi connectivity index (χ0n) is 11.7. The Morgan fingerprint density at radius 3 is 2.95 bits per heavy atom. The maximum Gasteiger partial charge on any atom is 0.356 e. The molecule has 0 radical (unpaired) electrons. The number of aliphatic hydroxyl groups excluding tert-OH is 1. The van der Waals surface area contributed by atoms with Crippen LogP contribution in [0.1, 0.15) is 23.3 Å². The fourth-order valence-corrected chi connectivity index (χ4v) is 2.40. The fourth-order valence-electron chi connectivity index (χ4n) is 2.40. The number of carbonyl (C=O) groups excluding carboxylic acids is 1. The van der Waals surface area contributed by atoms with E-state index in [9.17, 15) is 9.59 Å². The quantitative estimate of drug-likeness (QED) is 0.708. The highest BCUT2D eigenvalue weighted by atomic mass is 16.4. The number of nitrogens with one attached hydrogen (secondary N) is 1. The van der Waals surface area contributed by atoms with Crippen molar-refractivity contribution >= 4 is 12.0 Å². The molecule has 1 unspecified atom stereocenters. The SMILES string of the molecule is O=C(O)c1cn(CCNC(=O)N2CCCC(CO)C2)cn1. The van der Waals surface area contributed by atoms with Crippen LogP contribution in [0.15, 0.2) is 12.5 Å². The zero-order chi connectivity index (χ0) is 15.2. The summed E-state index contributed by atoms with van der Waals surface area (Å²) in [6.07, 6.45) is 4.71. The summed E-state index contributed by atoms with van der Waals surface area (Å²) < 4.78 is 1.62. The van der Waals surface area contributed by atoms with E-state index in [0.717, 1.165) is 12.8 Å². The molecule has 21 heavy (non-hydrogen) atoms. The van der Waals surface area contributed by atoms with Gasteiger partial charge in [-0.2, -0.15) is 0 Å². The number of carboxylic acid groups (broad SMARTS) is 1. The van der Waals surface area contributed by atoms with E-state index in [2.05, 4.69) is 10.3 Å². The van der Waals surface area contributed by atoms with Gasteiger partial charge in [-0.3, -0.25) is 0 Å². The van der Waals surface area contributed by atoms with Crippen LogP contribution in [0.3, 0.4) is 0 Å². The van der Waals surface area contributed by atoms with Crippen molar-refractivity contribution in [3.8, 4) is 0 Å². The second-order valence-electron chi connectivity index (χ2n) is 5.17. The molecule has 2 rings (SSSR count). The van der Waals surface area contributed by atoms with Crippen molar-refractivity contribution in [1.29, 1.82) is 0 Å². The third kappa shape index (κ3) is 4.19. The predicted octanol–water partition coefficient (Wildman–Crippen LogP) is -0.00480. The normalized spacial score (nSPS) is 18.5. The van der Waals surface area contributed by atoms with Gasteiger partial charge in [0.05, 0.1) is 6.33 Å². The van der Waals surface area contributed by atoms with Gasteiger partial charge in [-0.05, 0) is 18.8 Å². The highest BCUT2D eigenvalue weighted by Gasteiger charge is 2.22. The van der Waals surface area contributed by atoms with Crippen molar-refractivity contribution in [2.24, 2.45) is 5.92 Å². The Balaban J connectivity index is 1.74. The summed E-state index contributed by atoms with van der Waals surface area (Å²) in [5.41, 5.74) is -0.0110. The number of aromatic nitrogens is 2. The molecule has 1 aliphatic heterocycles. The number of hydrogen-bond donors (Lipinski definition) is 3. The summed E-state index contributed by atoms with van der Waals surface area (Å²) >= 11 is 0. The van der Waals surface area contributed by atoms with E-state index in [1.807, 2.05) is 0 Å². The molecule has 2 heterocycles. The van der Waals surface area contributed by atoms with Gasteiger partial charge in [0.25, 0.3) is 0 Å². The molecule has 1 saturated heterocycles. The van der Waals surface area contributed by atoms with Crippen LogP contribution < -0.4 is 5.32 Å². The molecule has 0 aliphatic carbocycles. The Kier molecular flexibility index (Phi) is 5.15. The molecule has 1 fully saturated rings. The Morgan fingerprint density at radius 1 is 1.48 bits per heavy atom. The number of carbonyl (C=O) groups is 2. The lowest BCUT2D eigenvalue weighted by Crippen LogP contribution is -2.46. The molecule has 1 aromatic heterocycles. The molecule has 116 valence electrons. The van der Waals surface area contributed by atoms with Gasteiger partial charge in [0.15, 0.2) is 5.69 Å². The molecule has 2 amide bonds. The molecule has 1 atom stereocenters. The number of urea groups is 1. The van der Waals surface area contributed by atoms with Gasteiger partial charge >= 0.3 is 12.0 Å². The summed E-state index contributed by atoms with van der Waals surface area (Å²) in [7, 11) is 0. The van der Waals surface area contributed by atoms with Crippen LogP contribution in [0.25, 0.3) is 0 Å². The number of aliphatic hydroxyl groups is 1. The summed E-state index contributed by atoms with van der Waals surface area (Å²) in [5.74, 6) is -0.905. The average Bonchev–Trinajstić information content (AvgIpc) is 2.96. The van der Waals surface area contributed by atoms with Crippen molar-refractivity contribution in [1.82, 2.24) is 19.8 Å². The van der Waals surface area contributed by atoms with Crippen molar-refractivity contribution in [3.63, 3.8) is 0 Å². The lowest BCUT2D eigenvalue weighted by molar-refractivity contribution is 0.0691. The molecule has 0 spiro atoms. The molecular formula is C13H20N4O4. The average molecular weight is 296 g/mol. The fraction of sp³-hybridized carbons (Fsp3) is 0.615. The first-order valence-electron chi connectivity index (χ1n) is 6.99. The van der Waals surface area contributed by atoms with Crippen LogP contribution in [-0.4, -0.2) is 62.9 Å². The number of nitrogens with zero attached hydrogens (tertiary/aromatic N) is 3. The topological polar surface area (TPSA) is 108 Å². The number of likely N-dealkylation sites (tertiary alicyclic amines) is 1. The van der Waals surface area contributed by atoms with E-state index in [1.54, 1.807) is 9.47 Å². The second kappa shape index (κ2) is 7.07. The minimum Gasteiger partial charge on any atom is -0.476 e. The lowest BCUT2D eigenvalue weighted by atomic mass is 9.99. The summed E-state index contributed by atoms with van der Waals surface area (Å²) in [4.78, 5) is 28.1. The molecule has 0 saturated carbocycles. The van der Waals surface area contributed by atoms with Gasteiger partial charge in [0.2, 0.25) is 0 Å². The molecular weight excluding hydrogens is 276 g/mol. The van der Waals surface area contributed by atoms with E-state index < -0.39 is 5.97 Å². The Hall–Kier alpha value is -2.09. The number of imidazole rings is 1. The van der Waals surface area contributed by atoms with Crippen molar-refractivity contribution in [3.05, 3.63) is 18.2 Å². The Morgan fingerprint density at radius 2 is 2.29 bits per heavy atom. The van der Waals surface area contributed by atoms with Crippen LogP contribution in [-0.2, 0) is 6.54 Å². The molecule has 1 aromatic rings. The first-order valence-corrected chi connectivity index (χ1v) is 6.99. The highest BCUT2D eigenvalue weighted by Crippen LogP contribution is 2.15. The van der Waals surface area contributed by atoms with Gasteiger partial charge < -0.3 is 25.0 Å². The molecule has 3 N–H and O–H groups in total. The first-order chi connectivity index (χ1) is 10.1. The van der Waals surface area contributed by atoms with E-state index in [0.29, 0.717) is 26.2 Å². The molecule has 8 nitrogen and oxygen atoms in total. The second-order valence-corrected chi connectivity index (χ2v) is 5.17. The van der Waals surface area contributed by atoms with Crippen molar-refractivity contribution in [2.45, 2.75) is 19.4 Å². The monoisotopic (exact) mass is 296 g/mol. The standard InChI is InChI=1S/C13H20N4O4/c18-8-10-2-1-4-17(6-10)13(21)14-3-5-16-7-11(12(19)20)15-9-16/h7,9-10,18H,1-6,8H2,(H,14,21)(H,19,20). The highest BCUT2D eigenvalue weighted by molar-refractivity contribution is 5.84.